The average molecular weight is 446 g/mol. The Morgan fingerprint density at radius 2 is 2.00 bits per heavy atom. The average Bonchev–Trinajstić information content (AvgIpc) is 3.32. The molecule has 1 N–H and O–H groups in total. The first-order valence-electron chi connectivity index (χ1n) is 11.5. The van der Waals surface area contributed by atoms with Crippen molar-refractivity contribution >= 4 is 18.1 Å². The van der Waals surface area contributed by atoms with Crippen molar-refractivity contribution in [2.75, 3.05) is 37.7 Å². The van der Waals surface area contributed by atoms with Crippen molar-refractivity contribution in [1.29, 1.82) is 0 Å². The van der Waals surface area contributed by atoms with Crippen molar-refractivity contribution in [3.05, 3.63) is 54.4 Å². The highest BCUT2D eigenvalue weighted by molar-refractivity contribution is 5.85. The zero-order valence-corrected chi connectivity index (χ0v) is 19.2. The molecular weight excluding hydrogens is 410 g/mol. The first-order chi connectivity index (χ1) is 14.9. The summed E-state index contributed by atoms with van der Waals surface area (Å²) in [6, 6.07) is 13.1. The van der Waals surface area contributed by atoms with Crippen LogP contribution in [0.15, 0.2) is 48.8 Å². The van der Waals surface area contributed by atoms with Crippen LogP contribution < -0.4 is 15.0 Å². The zero-order chi connectivity index (χ0) is 20.4. The highest BCUT2D eigenvalue weighted by atomic mass is 35.5. The van der Waals surface area contributed by atoms with E-state index in [9.17, 15) is 0 Å². The summed E-state index contributed by atoms with van der Waals surface area (Å²) in [5.41, 5.74) is 2.44. The number of halogens is 1. The first-order valence-corrected chi connectivity index (χ1v) is 11.5. The van der Waals surface area contributed by atoms with Gasteiger partial charge in [0.1, 0.15) is 12.4 Å². The summed E-state index contributed by atoms with van der Waals surface area (Å²) in [5.74, 6) is 1.61. The van der Waals surface area contributed by atoms with Gasteiger partial charge in [-0.15, -0.1) is 12.4 Å². The summed E-state index contributed by atoms with van der Waals surface area (Å²) in [4.78, 5) is 6.92. The number of nitrogens with one attached hydrogen (secondary N) is 1. The van der Waals surface area contributed by atoms with Crippen LogP contribution >= 0.6 is 12.4 Å². The SMILES string of the molecule is Cl.c1ccc(COCCC[C@@H]2CCCN(c3cncc(OC[C@@H]4CCCN4)c3)C2)cc1. The summed E-state index contributed by atoms with van der Waals surface area (Å²) in [6.07, 6.45) is 11.2. The zero-order valence-electron chi connectivity index (χ0n) is 18.4. The molecule has 1 aromatic heterocycles. The molecule has 2 aliphatic rings. The molecule has 170 valence electrons. The third-order valence-corrected chi connectivity index (χ3v) is 6.21. The fourth-order valence-electron chi connectivity index (χ4n) is 4.53. The molecule has 0 spiro atoms. The molecule has 5 nitrogen and oxygen atoms in total. The van der Waals surface area contributed by atoms with E-state index in [0.29, 0.717) is 12.6 Å². The Morgan fingerprint density at radius 1 is 1.10 bits per heavy atom. The number of hydrogen-bond donors (Lipinski definition) is 1. The number of benzene rings is 1. The van der Waals surface area contributed by atoms with Crippen LogP contribution in [0.2, 0.25) is 0 Å². The van der Waals surface area contributed by atoms with E-state index < -0.39 is 0 Å². The molecule has 1 aromatic carbocycles. The van der Waals surface area contributed by atoms with Crippen LogP contribution in [0.4, 0.5) is 5.69 Å². The molecule has 0 aliphatic carbocycles. The Kier molecular flexibility index (Phi) is 9.91. The summed E-state index contributed by atoms with van der Waals surface area (Å²) in [6.45, 7) is 5.61. The van der Waals surface area contributed by atoms with Gasteiger partial charge in [-0.1, -0.05) is 30.3 Å². The Bertz CT molecular complexity index is 755. The number of piperidine rings is 1. The minimum Gasteiger partial charge on any atom is -0.490 e. The molecule has 4 rings (SSSR count). The quantitative estimate of drug-likeness (QED) is 0.530. The van der Waals surface area contributed by atoms with Crippen molar-refractivity contribution in [3.8, 4) is 5.75 Å². The molecule has 3 heterocycles. The lowest BCUT2D eigenvalue weighted by Gasteiger charge is -2.34. The van der Waals surface area contributed by atoms with Gasteiger partial charge in [0.05, 0.1) is 24.7 Å². The van der Waals surface area contributed by atoms with Crippen molar-refractivity contribution in [2.24, 2.45) is 5.92 Å². The maximum Gasteiger partial charge on any atom is 0.139 e. The molecule has 0 radical (unpaired) electrons. The molecule has 0 amide bonds. The van der Waals surface area contributed by atoms with Gasteiger partial charge in [-0.05, 0) is 56.6 Å². The minimum absolute atomic E-state index is 0. The van der Waals surface area contributed by atoms with E-state index in [1.807, 2.05) is 18.5 Å². The van der Waals surface area contributed by atoms with Crippen LogP contribution in [0, 0.1) is 5.92 Å². The topological polar surface area (TPSA) is 46.6 Å². The fraction of sp³-hybridized carbons (Fsp3) is 0.560. The number of rotatable bonds is 10. The number of anilines is 1. The Morgan fingerprint density at radius 3 is 2.84 bits per heavy atom. The van der Waals surface area contributed by atoms with Gasteiger partial charge >= 0.3 is 0 Å². The normalized spacial score (nSPS) is 21.0. The van der Waals surface area contributed by atoms with E-state index in [4.69, 9.17) is 9.47 Å². The molecular formula is C25H36ClN3O2. The van der Waals surface area contributed by atoms with Crippen LogP contribution in [0.3, 0.4) is 0 Å². The predicted octanol–water partition coefficient (Wildman–Crippen LogP) is 4.85. The summed E-state index contributed by atoms with van der Waals surface area (Å²) < 4.78 is 11.9. The summed E-state index contributed by atoms with van der Waals surface area (Å²) in [5, 5.41) is 3.48. The molecule has 2 aromatic rings. The van der Waals surface area contributed by atoms with Crippen LogP contribution in [0.5, 0.6) is 5.75 Å². The third kappa shape index (κ3) is 7.67. The van der Waals surface area contributed by atoms with E-state index in [0.717, 1.165) is 50.9 Å². The van der Waals surface area contributed by atoms with Crippen molar-refractivity contribution in [1.82, 2.24) is 10.3 Å². The largest absolute Gasteiger partial charge is 0.490 e. The van der Waals surface area contributed by atoms with Gasteiger partial charge in [0.25, 0.3) is 0 Å². The lowest BCUT2D eigenvalue weighted by atomic mass is 9.93. The van der Waals surface area contributed by atoms with E-state index in [1.54, 1.807) is 0 Å². The van der Waals surface area contributed by atoms with Crippen LogP contribution in [-0.4, -0.2) is 43.9 Å². The van der Waals surface area contributed by atoms with Crippen LogP contribution in [-0.2, 0) is 11.3 Å². The van der Waals surface area contributed by atoms with E-state index in [1.165, 1.54) is 43.4 Å². The second-order valence-corrected chi connectivity index (χ2v) is 8.62. The van der Waals surface area contributed by atoms with Gasteiger partial charge in [-0.3, -0.25) is 4.98 Å². The van der Waals surface area contributed by atoms with Crippen LogP contribution in [0.25, 0.3) is 0 Å². The lowest BCUT2D eigenvalue weighted by Crippen LogP contribution is -2.35. The second kappa shape index (κ2) is 12.9. The number of ether oxygens (including phenoxy) is 2. The maximum absolute atomic E-state index is 6.01. The Balaban J connectivity index is 0.00000272. The van der Waals surface area contributed by atoms with E-state index in [2.05, 4.69) is 45.5 Å². The van der Waals surface area contributed by atoms with Gasteiger partial charge in [-0.25, -0.2) is 0 Å². The van der Waals surface area contributed by atoms with Crippen molar-refractivity contribution in [2.45, 2.75) is 51.2 Å². The summed E-state index contributed by atoms with van der Waals surface area (Å²) in [7, 11) is 0. The van der Waals surface area contributed by atoms with Gasteiger partial charge in [0.15, 0.2) is 0 Å². The maximum atomic E-state index is 6.01. The molecule has 2 atom stereocenters. The number of aromatic nitrogens is 1. The van der Waals surface area contributed by atoms with E-state index >= 15 is 0 Å². The second-order valence-electron chi connectivity index (χ2n) is 8.62. The summed E-state index contributed by atoms with van der Waals surface area (Å²) >= 11 is 0. The van der Waals surface area contributed by atoms with Crippen LogP contribution in [0.1, 0.15) is 44.1 Å². The molecule has 0 unspecified atom stereocenters. The molecule has 2 saturated heterocycles. The predicted molar refractivity (Wildman–Crippen MR) is 128 cm³/mol. The number of pyridine rings is 1. The van der Waals surface area contributed by atoms with Crippen molar-refractivity contribution < 1.29 is 9.47 Å². The number of hydrogen-bond acceptors (Lipinski definition) is 5. The number of nitrogens with zero attached hydrogens (tertiary/aromatic N) is 2. The molecule has 0 saturated carbocycles. The Labute approximate surface area is 192 Å². The third-order valence-electron chi connectivity index (χ3n) is 6.21. The fourth-order valence-corrected chi connectivity index (χ4v) is 4.53. The highest BCUT2D eigenvalue weighted by Gasteiger charge is 2.21. The molecule has 2 fully saturated rings. The van der Waals surface area contributed by atoms with Gasteiger partial charge in [0.2, 0.25) is 0 Å². The molecule has 0 bridgehead atoms. The van der Waals surface area contributed by atoms with E-state index in [-0.39, 0.29) is 12.4 Å². The smallest absolute Gasteiger partial charge is 0.139 e. The standard InChI is InChI=1S/C25H35N3O2.ClH/c1-2-7-22(8-3-1)19-29-14-6-10-21-9-5-13-28(18-21)24-15-25(17-26-16-24)30-20-23-11-4-12-27-23;/h1-3,7-8,15-17,21,23,27H,4-6,9-14,18-20H2;1H/t21-,23-;/m0./s1. The highest BCUT2D eigenvalue weighted by Crippen LogP contribution is 2.27. The lowest BCUT2D eigenvalue weighted by molar-refractivity contribution is 0.113. The van der Waals surface area contributed by atoms with Gasteiger partial charge < -0.3 is 19.7 Å². The minimum atomic E-state index is 0. The monoisotopic (exact) mass is 445 g/mol. The Hall–Kier alpha value is -1.82. The molecule has 6 heteroatoms. The first kappa shape index (κ1) is 23.8. The van der Waals surface area contributed by atoms with Crippen molar-refractivity contribution in [3.63, 3.8) is 0 Å². The molecule has 31 heavy (non-hydrogen) atoms. The van der Waals surface area contributed by atoms with Gasteiger partial charge in [0, 0.05) is 31.8 Å². The molecule has 2 aliphatic heterocycles. The van der Waals surface area contributed by atoms with Gasteiger partial charge in [-0.2, -0.15) is 0 Å².